The van der Waals surface area contributed by atoms with Crippen molar-refractivity contribution >= 4 is 34.7 Å². The fourth-order valence-electron chi connectivity index (χ4n) is 2.56. The van der Waals surface area contributed by atoms with Gasteiger partial charge in [0.05, 0.1) is 28.3 Å². The summed E-state index contributed by atoms with van der Waals surface area (Å²) in [6, 6.07) is 13.1. The van der Waals surface area contributed by atoms with Gasteiger partial charge in [-0.15, -0.1) is 10.2 Å². The number of thioether (sulfide) groups is 1. The number of hydrogen-bond donors (Lipinski definition) is 1. The Morgan fingerprint density at radius 1 is 1.17 bits per heavy atom. The number of carbonyl (C=O) groups is 1. The molecule has 1 aromatic carbocycles. The molecule has 0 radical (unpaired) electrons. The van der Waals surface area contributed by atoms with E-state index in [1.165, 1.54) is 28.4 Å². The van der Waals surface area contributed by atoms with Crippen LogP contribution < -0.4 is 5.32 Å². The Kier molecular flexibility index (Phi) is 5.12. The van der Waals surface area contributed by atoms with Gasteiger partial charge in [0.2, 0.25) is 11.1 Å². The standard InChI is InChI=1S/C18H13N7O3S/c26-17(20-13-4-2-8-19-10-13)11-29-18-22-21-16-7-6-15(23-24(16)18)12-3-1-5-14(9-12)25(27)28/h1-10H,11H2,(H,20,26). The maximum absolute atomic E-state index is 12.1. The number of benzene rings is 1. The molecule has 0 atom stereocenters. The normalized spacial score (nSPS) is 10.8. The van der Waals surface area contributed by atoms with Crippen molar-refractivity contribution in [1.82, 2.24) is 24.8 Å². The monoisotopic (exact) mass is 407 g/mol. The molecule has 0 aliphatic carbocycles. The Hall–Kier alpha value is -3.86. The van der Waals surface area contributed by atoms with Crippen molar-refractivity contribution in [1.29, 1.82) is 0 Å². The number of anilines is 1. The van der Waals surface area contributed by atoms with Crippen LogP contribution in [0.1, 0.15) is 0 Å². The summed E-state index contributed by atoms with van der Waals surface area (Å²) < 4.78 is 1.51. The molecule has 11 heteroatoms. The van der Waals surface area contributed by atoms with Gasteiger partial charge in [0.15, 0.2) is 5.65 Å². The number of nitro groups is 1. The summed E-state index contributed by atoms with van der Waals surface area (Å²) in [4.78, 5) is 26.6. The summed E-state index contributed by atoms with van der Waals surface area (Å²) in [6.45, 7) is 0. The molecule has 10 nitrogen and oxygen atoms in total. The third kappa shape index (κ3) is 4.19. The van der Waals surface area contributed by atoms with E-state index in [9.17, 15) is 14.9 Å². The van der Waals surface area contributed by atoms with E-state index in [-0.39, 0.29) is 17.3 Å². The highest BCUT2D eigenvalue weighted by Crippen LogP contribution is 2.24. The maximum atomic E-state index is 12.1. The van der Waals surface area contributed by atoms with Crippen molar-refractivity contribution in [2.45, 2.75) is 5.16 Å². The Morgan fingerprint density at radius 3 is 2.86 bits per heavy atom. The molecule has 0 saturated heterocycles. The van der Waals surface area contributed by atoms with Gasteiger partial charge in [-0.05, 0) is 24.3 Å². The van der Waals surface area contributed by atoms with E-state index in [2.05, 4.69) is 25.6 Å². The molecule has 0 spiro atoms. The van der Waals surface area contributed by atoms with Crippen LogP contribution in [-0.2, 0) is 4.79 Å². The fourth-order valence-corrected chi connectivity index (χ4v) is 3.24. The first-order valence-corrected chi connectivity index (χ1v) is 9.39. The van der Waals surface area contributed by atoms with Gasteiger partial charge in [-0.25, -0.2) is 0 Å². The van der Waals surface area contributed by atoms with E-state index in [0.29, 0.717) is 27.7 Å². The molecule has 144 valence electrons. The lowest BCUT2D eigenvalue weighted by Crippen LogP contribution is -2.14. The summed E-state index contributed by atoms with van der Waals surface area (Å²) >= 11 is 1.18. The van der Waals surface area contributed by atoms with Crippen molar-refractivity contribution in [3.05, 3.63) is 71.0 Å². The number of pyridine rings is 1. The van der Waals surface area contributed by atoms with Gasteiger partial charge in [-0.3, -0.25) is 19.9 Å². The van der Waals surface area contributed by atoms with E-state index in [1.54, 1.807) is 48.8 Å². The van der Waals surface area contributed by atoms with E-state index >= 15 is 0 Å². The van der Waals surface area contributed by atoms with Crippen LogP contribution in [0, 0.1) is 10.1 Å². The van der Waals surface area contributed by atoms with E-state index in [4.69, 9.17) is 0 Å². The molecule has 0 aliphatic rings. The second-order valence-electron chi connectivity index (χ2n) is 5.86. The molecule has 29 heavy (non-hydrogen) atoms. The van der Waals surface area contributed by atoms with Gasteiger partial charge in [0, 0.05) is 23.9 Å². The van der Waals surface area contributed by atoms with Crippen molar-refractivity contribution in [3.8, 4) is 11.3 Å². The lowest BCUT2D eigenvalue weighted by molar-refractivity contribution is -0.384. The number of carbonyl (C=O) groups excluding carboxylic acids is 1. The number of fused-ring (bicyclic) bond motifs is 1. The Bertz CT molecular complexity index is 1200. The van der Waals surface area contributed by atoms with Gasteiger partial charge in [0.25, 0.3) is 5.69 Å². The number of nitro benzene ring substituents is 1. The summed E-state index contributed by atoms with van der Waals surface area (Å²) in [5.74, 6) is -0.104. The van der Waals surface area contributed by atoms with Crippen LogP contribution >= 0.6 is 11.8 Å². The van der Waals surface area contributed by atoms with Crippen LogP contribution in [-0.4, -0.2) is 41.4 Å². The van der Waals surface area contributed by atoms with E-state index in [0.717, 1.165) is 0 Å². The second kappa shape index (κ2) is 8.02. The Morgan fingerprint density at radius 2 is 2.07 bits per heavy atom. The van der Waals surface area contributed by atoms with Crippen LogP contribution in [0.3, 0.4) is 0 Å². The molecule has 0 aliphatic heterocycles. The van der Waals surface area contributed by atoms with Gasteiger partial charge in [-0.2, -0.15) is 9.61 Å². The van der Waals surface area contributed by atoms with Crippen molar-refractivity contribution in [2.24, 2.45) is 0 Å². The minimum atomic E-state index is -0.455. The van der Waals surface area contributed by atoms with Crippen LogP contribution in [0.4, 0.5) is 11.4 Å². The van der Waals surface area contributed by atoms with Crippen LogP contribution in [0.5, 0.6) is 0 Å². The summed E-state index contributed by atoms with van der Waals surface area (Å²) in [7, 11) is 0. The summed E-state index contributed by atoms with van der Waals surface area (Å²) in [5, 5.41) is 26.8. The topological polar surface area (TPSA) is 128 Å². The molecule has 3 heterocycles. The number of aromatic nitrogens is 5. The highest BCUT2D eigenvalue weighted by Gasteiger charge is 2.13. The fraction of sp³-hybridized carbons (Fsp3) is 0.0556. The average molecular weight is 407 g/mol. The molecule has 0 unspecified atom stereocenters. The molecule has 3 aromatic heterocycles. The smallest absolute Gasteiger partial charge is 0.270 e. The number of non-ortho nitro benzene ring substituents is 1. The molecule has 0 fully saturated rings. The predicted octanol–water partition coefficient (Wildman–Crippen LogP) is 2.83. The number of amides is 1. The van der Waals surface area contributed by atoms with E-state index in [1.807, 2.05) is 0 Å². The zero-order chi connectivity index (χ0) is 20.2. The lowest BCUT2D eigenvalue weighted by Gasteiger charge is -2.04. The predicted molar refractivity (Wildman–Crippen MR) is 106 cm³/mol. The average Bonchev–Trinajstić information content (AvgIpc) is 3.15. The molecular weight excluding hydrogens is 394 g/mol. The summed E-state index contributed by atoms with van der Waals surface area (Å²) in [5.41, 5.74) is 2.22. The zero-order valence-corrected chi connectivity index (χ0v) is 15.6. The lowest BCUT2D eigenvalue weighted by atomic mass is 10.1. The Labute approximate surface area is 168 Å². The summed E-state index contributed by atoms with van der Waals surface area (Å²) in [6.07, 6.45) is 3.18. The van der Waals surface area contributed by atoms with Gasteiger partial charge in [-0.1, -0.05) is 23.9 Å². The van der Waals surface area contributed by atoms with Crippen molar-refractivity contribution < 1.29 is 9.72 Å². The highest BCUT2D eigenvalue weighted by molar-refractivity contribution is 7.99. The number of nitrogens with one attached hydrogen (secondary N) is 1. The molecule has 0 saturated carbocycles. The third-order valence-corrected chi connectivity index (χ3v) is 4.78. The third-order valence-electron chi connectivity index (χ3n) is 3.86. The first-order valence-electron chi connectivity index (χ1n) is 8.40. The van der Waals surface area contributed by atoms with Gasteiger partial charge in [0.1, 0.15) is 0 Å². The second-order valence-corrected chi connectivity index (χ2v) is 6.80. The quantitative estimate of drug-likeness (QED) is 0.293. The first kappa shape index (κ1) is 18.5. The molecule has 0 bridgehead atoms. The van der Waals surface area contributed by atoms with Gasteiger partial charge < -0.3 is 5.32 Å². The number of rotatable bonds is 6. The maximum Gasteiger partial charge on any atom is 0.270 e. The SMILES string of the molecule is O=C(CSc1nnc2ccc(-c3cccc([N+](=O)[O-])c3)nn12)Nc1cccnc1. The molecule has 1 amide bonds. The minimum Gasteiger partial charge on any atom is -0.324 e. The zero-order valence-electron chi connectivity index (χ0n) is 14.8. The van der Waals surface area contributed by atoms with Crippen LogP contribution in [0.15, 0.2) is 66.1 Å². The molecule has 1 N–H and O–H groups in total. The van der Waals surface area contributed by atoms with E-state index < -0.39 is 4.92 Å². The highest BCUT2D eigenvalue weighted by atomic mass is 32.2. The number of hydrogen-bond acceptors (Lipinski definition) is 8. The Balaban J connectivity index is 1.53. The van der Waals surface area contributed by atoms with Crippen LogP contribution in [0.25, 0.3) is 16.9 Å². The van der Waals surface area contributed by atoms with Gasteiger partial charge >= 0.3 is 0 Å². The van der Waals surface area contributed by atoms with Crippen molar-refractivity contribution in [3.63, 3.8) is 0 Å². The molecule has 4 rings (SSSR count). The van der Waals surface area contributed by atoms with Crippen molar-refractivity contribution in [2.75, 3.05) is 11.1 Å². The minimum absolute atomic E-state index is 0.0187. The molecular formula is C18H13N7O3S. The largest absolute Gasteiger partial charge is 0.324 e. The first-order chi connectivity index (χ1) is 14.1. The number of nitrogens with zero attached hydrogens (tertiary/aromatic N) is 6. The van der Waals surface area contributed by atoms with Crippen LogP contribution in [0.2, 0.25) is 0 Å². The molecule has 4 aromatic rings.